The third-order valence-electron chi connectivity index (χ3n) is 2.68. The minimum Gasteiger partial charge on any atom is -0.380 e. The first-order chi connectivity index (χ1) is 9.69. The van der Waals surface area contributed by atoms with E-state index in [-0.39, 0.29) is 5.91 Å². The maximum absolute atomic E-state index is 12.4. The Bertz CT molecular complexity index is 405. The number of hydrogen-bond acceptors (Lipinski definition) is 4. The second kappa shape index (κ2) is 9.69. The van der Waals surface area contributed by atoms with Crippen molar-refractivity contribution in [1.82, 2.24) is 9.88 Å². The first kappa shape index (κ1) is 16.9. The van der Waals surface area contributed by atoms with Crippen LogP contribution in [0.2, 0.25) is 5.15 Å². The van der Waals surface area contributed by atoms with E-state index in [1.165, 1.54) is 6.20 Å². The molecule has 112 valence electrons. The standard InChI is InChI=1S/C14H21ClN2O3/c1-3-19-9-7-17(8-10-20-4-2)14(18)12-5-6-16-13(15)11-12/h5-6,11H,3-4,7-10H2,1-2H3. The highest BCUT2D eigenvalue weighted by Gasteiger charge is 2.15. The van der Waals surface area contributed by atoms with Crippen LogP contribution in [-0.4, -0.2) is 55.3 Å². The van der Waals surface area contributed by atoms with Gasteiger partial charge in [-0.25, -0.2) is 4.98 Å². The number of amides is 1. The summed E-state index contributed by atoms with van der Waals surface area (Å²) in [7, 11) is 0. The van der Waals surface area contributed by atoms with Gasteiger partial charge in [0.1, 0.15) is 5.15 Å². The van der Waals surface area contributed by atoms with E-state index in [4.69, 9.17) is 21.1 Å². The van der Waals surface area contributed by atoms with E-state index in [0.29, 0.717) is 50.2 Å². The largest absolute Gasteiger partial charge is 0.380 e. The maximum atomic E-state index is 12.4. The van der Waals surface area contributed by atoms with E-state index in [9.17, 15) is 4.79 Å². The van der Waals surface area contributed by atoms with Crippen molar-refractivity contribution < 1.29 is 14.3 Å². The van der Waals surface area contributed by atoms with E-state index in [1.54, 1.807) is 17.0 Å². The van der Waals surface area contributed by atoms with E-state index in [1.807, 2.05) is 13.8 Å². The van der Waals surface area contributed by atoms with Crippen molar-refractivity contribution in [3.8, 4) is 0 Å². The second-order valence-corrected chi connectivity index (χ2v) is 4.44. The number of rotatable bonds is 9. The topological polar surface area (TPSA) is 51.7 Å². The molecule has 0 aromatic carbocycles. The molecular weight excluding hydrogens is 280 g/mol. The van der Waals surface area contributed by atoms with Crippen LogP contribution < -0.4 is 0 Å². The molecule has 0 aliphatic heterocycles. The Kier molecular flexibility index (Phi) is 8.18. The Labute approximate surface area is 124 Å². The van der Waals surface area contributed by atoms with Crippen LogP contribution in [0.15, 0.2) is 18.3 Å². The summed E-state index contributed by atoms with van der Waals surface area (Å²) in [5, 5.41) is 0.311. The minimum atomic E-state index is -0.0892. The summed E-state index contributed by atoms with van der Waals surface area (Å²) in [6, 6.07) is 3.22. The van der Waals surface area contributed by atoms with Gasteiger partial charge >= 0.3 is 0 Å². The molecule has 1 heterocycles. The van der Waals surface area contributed by atoms with Crippen molar-refractivity contribution >= 4 is 17.5 Å². The zero-order chi connectivity index (χ0) is 14.8. The summed E-state index contributed by atoms with van der Waals surface area (Å²) in [5.74, 6) is -0.0892. The molecule has 20 heavy (non-hydrogen) atoms. The normalized spacial score (nSPS) is 10.6. The highest BCUT2D eigenvalue weighted by atomic mass is 35.5. The average Bonchev–Trinajstić information content (AvgIpc) is 2.45. The summed E-state index contributed by atoms with van der Waals surface area (Å²) < 4.78 is 10.6. The molecule has 0 fully saturated rings. The van der Waals surface area contributed by atoms with Crippen molar-refractivity contribution in [2.45, 2.75) is 13.8 Å². The van der Waals surface area contributed by atoms with Crippen LogP contribution in [-0.2, 0) is 9.47 Å². The lowest BCUT2D eigenvalue weighted by atomic mass is 10.2. The number of aromatic nitrogens is 1. The highest BCUT2D eigenvalue weighted by molar-refractivity contribution is 6.29. The van der Waals surface area contributed by atoms with Gasteiger partial charge in [-0.1, -0.05) is 11.6 Å². The molecule has 0 spiro atoms. The minimum absolute atomic E-state index is 0.0892. The molecule has 0 saturated heterocycles. The molecule has 1 aromatic heterocycles. The van der Waals surface area contributed by atoms with Crippen LogP contribution in [0.25, 0.3) is 0 Å². The predicted octanol–water partition coefficient (Wildman–Crippen LogP) is 2.25. The van der Waals surface area contributed by atoms with Gasteiger partial charge in [0, 0.05) is 38.1 Å². The van der Waals surface area contributed by atoms with Crippen LogP contribution in [0, 0.1) is 0 Å². The number of carbonyl (C=O) groups excluding carboxylic acids is 1. The van der Waals surface area contributed by atoms with Gasteiger partial charge in [-0.2, -0.15) is 0 Å². The first-order valence-corrected chi connectivity index (χ1v) is 7.13. The predicted molar refractivity (Wildman–Crippen MR) is 78.1 cm³/mol. The molecule has 0 N–H and O–H groups in total. The van der Waals surface area contributed by atoms with E-state index >= 15 is 0 Å². The number of nitrogens with zero attached hydrogens (tertiary/aromatic N) is 2. The molecule has 0 atom stereocenters. The molecule has 0 saturated carbocycles. The van der Waals surface area contributed by atoms with Crippen molar-refractivity contribution in [2.75, 3.05) is 39.5 Å². The number of halogens is 1. The van der Waals surface area contributed by atoms with E-state index in [0.717, 1.165) is 0 Å². The second-order valence-electron chi connectivity index (χ2n) is 4.05. The zero-order valence-electron chi connectivity index (χ0n) is 12.0. The molecule has 0 aliphatic rings. The van der Waals surface area contributed by atoms with Gasteiger partial charge in [-0.05, 0) is 26.0 Å². The van der Waals surface area contributed by atoms with Crippen LogP contribution in [0.5, 0.6) is 0 Å². The molecule has 6 heteroatoms. The molecule has 1 amide bonds. The highest BCUT2D eigenvalue weighted by Crippen LogP contribution is 2.10. The van der Waals surface area contributed by atoms with Crippen molar-refractivity contribution in [1.29, 1.82) is 0 Å². The van der Waals surface area contributed by atoms with Crippen LogP contribution in [0.1, 0.15) is 24.2 Å². The Balaban J connectivity index is 2.66. The third-order valence-corrected chi connectivity index (χ3v) is 2.89. The lowest BCUT2D eigenvalue weighted by Gasteiger charge is -2.22. The molecular formula is C14H21ClN2O3. The SMILES string of the molecule is CCOCCN(CCOCC)C(=O)c1ccnc(Cl)c1. The summed E-state index contributed by atoms with van der Waals surface area (Å²) in [6.45, 7) is 7.19. The Morgan fingerprint density at radius 1 is 1.25 bits per heavy atom. The Hall–Kier alpha value is -1.17. The average molecular weight is 301 g/mol. The fourth-order valence-electron chi connectivity index (χ4n) is 1.67. The fraction of sp³-hybridized carbons (Fsp3) is 0.571. The number of pyridine rings is 1. The summed E-state index contributed by atoms with van der Waals surface area (Å²) >= 11 is 5.82. The lowest BCUT2D eigenvalue weighted by Crippen LogP contribution is -2.36. The Morgan fingerprint density at radius 3 is 2.35 bits per heavy atom. The van der Waals surface area contributed by atoms with Gasteiger partial charge in [-0.3, -0.25) is 4.79 Å². The van der Waals surface area contributed by atoms with Gasteiger partial charge in [-0.15, -0.1) is 0 Å². The molecule has 5 nitrogen and oxygen atoms in total. The molecule has 0 aliphatic carbocycles. The lowest BCUT2D eigenvalue weighted by molar-refractivity contribution is 0.0550. The Morgan fingerprint density at radius 2 is 1.85 bits per heavy atom. The summed E-state index contributed by atoms with van der Waals surface area (Å²) in [4.78, 5) is 18.0. The van der Waals surface area contributed by atoms with Crippen LogP contribution >= 0.6 is 11.6 Å². The van der Waals surface area contributed by atoms with E-state index in [2.05, 4.69) is 4.98 Å². The zero-order valence-corrected chi connectivity index (χ0v) is 12.7. The van der Waals surface area contributed by atoms with Gasteiger partial charge in [0.2, 0.25) is 0 Å². The van der Waals surface area contributed by atoms with Gasteiger partial charge in [0.25, 0.3) is 5.91 Å². The van der Waals surface area contributed by atoms with Gasteiger partial charge in [0.05, 0.1) is 13.2 Å². The first-order valence-electron chi connectivity index (χ1n) is 6.75. The van der Waals surface area contributed by atoms with Gasteiger partial charge in [0.15, 0.2) is 0 Å². The summed E-state index contributed by atoms with van der Waals surface area (Å²) in [5.41, 5.74) is 0.526. The number of hydrogen-bond donors (Lipinski definition) is 0. The summed E-state index contributed by atoms with van der Waals surface area (Å²) in [6.07, 6.45) is 1.53. The van der Waals surface area contributed by atoms with Crippen LogP contribution in [0.4, 0.5) is 0 Å². The van der Waals surface area contributed by atoms with Crippen LogP contribution in [0.3, 0.4) is 0 Å². The smallest absolute Gasteiger partial charge is 0.254 e. The third kappa shape index (κ3) is 5.86. The fourth-order valence-corrected chi connectivity index (χ4v) is 1.85. The molecule has 1 rings (SSSR count). The molecule has 0 unspecified atom stereocenters. The molecule has 0 radical (unpaired) electrons. The van der Waals surface area contributed by atoms with E-state index < -0.39 is 0 Å². The molecule has 0 bridgehead atoms. The monoisotopic (exact) mass is 300 g/mol. The van der Waals surface area contributed by atoms with Crippen molar-refractivity contribution in [3.63, 3.8) is 0 Å². The number of ether oxygens (including phenoxy) is 2. The quantitative estimate of drug-likeness (QED) is 0.518. The maximum Gasteiger partial charge on any atom is 0.254 e. The van der Waals surface area contributed by atoms with Crippen molar-refractivity contribution in [3.05, 3.63) is 29.0 Å². The molecule has 1 aromatic rings. The van der Waals surface area contributed by atoms with Gasteiger partial charge < -0.3 is 14.4 Å². The number of carbonyl (C=O) groups is 1. The van der Waals surface area contributed by atoms with Crippen molar-refractivity contribution in [2.24, 2.45) is 0 Å².